The molecule has 1 saturated carbocycles. The third-order valence-electron chi connectivity index (χ3n) is 10.2. The second-order valence-corrected chi connectivity index (χ2v) is 14.4. The van der Waals surface area contributed by atoms with Gasteiger partial charge in [-0.2, -0.15) is 0 Å². The monoisotopic (exact) mass is 668 g/mol. The molecule has 0 unspecified atom stereocenters. The van der Waals surface area contributed by atoms with Gasteiger partial charge in [-0.15, -0.1) is 0 Å². The third-order valence-corrected chi connectivity index (χ3v) is 10.2. The second-order valence-electron chi connectivity index (χ2n) is 14.4. The highest BCUT2D eigenvalue weighted by Crippen LogP contribution is 2.33. The van der Waals surface area contributed by atoms with E-state index in [1.807, 2.05) is 57.0 Å². The van der Waals surface area contributed by atoms with Crippen molar-refractivity contribution in [3.8, 4) is 0 Å². The SMILES string of the molecule is C/C(=C\c1cc(F)cc(N2CCN(C(=O)CC3CC3)CC2)c1)[C@H]1OC(=O)C[C@H](O)CC[C@H](C)[C@H](OC(=O)N2CCN(C)CC2)/C=C/[C@@H]1C. The van der Waals surface area contributed by atoms with Crippen LogP contribution in [0.5, 0.6) is 0 Å². The topological polar surface area (TPSA) is 103 Å². The van der Waals surface area contributed by atoms with E-state index in [0.29, 0.717) is 70.0 Å². The van der Waals surface area contributed by atoms with Gasteiger partial charge in [-0.05, 0) is 86.9 Å². The van der Waals surface area contributed by atoms with Crippen LogP contribution in [0.2, 0.25) is 0 Å². The predicted octanol–water partition coefficient (Wildman–Crippen LogP) is 4.72. The smallest absolute Gasteiger partial charge is 0.410 e. The molecule has 3 fully saturated rings. The Bertz CT molecular complexity index is 1350. The summed E-state index contributed by atoms with van der Waals surface area (Å²) >= 11 is 0. The van der Waals surface area contributed by atoms with Crippen molar-refractivity contribution in [3.05, 3.63) is 47.3 Å². The summed E-state index contributed by atoms with van der Waals surface area (Å²) in [6.45, 7) is 11.1. The molecule has 48 heavy (non-hydrogen) atoms. The lowest BCUT2D eigenvalue weighted by atomic mass is 9.91. The first kappa shape index (κ1) is 35.9. The van der Waals surface area contributed by atoms with Crippen LogP contribution in [0.15, 0.2) is 35.9 Å². The molecule has 1 aliphatic carbocycles. The summed E-state index contributed by atoms with van der Waals surface area (Å²) in [5.41, 5.74) is 2.10. The number of hydrogen-bond acceptors (Lipinski definition) is 8. The molecule has 0 spiro atoms. The van der Waals surface area contributed by atoms with Gasteiger partial charge < -0.3 is 34.2 Å². The van der Waals surface area contributed by atoms with Gasteiger partial charge in [0.1, 0.15) is 18.0 Å². The van der Waals surface area contributed by atoms with E-state index in [1.54, 1.807) is 4.90 Å². The Labute approximate surface area is 284 Å². The first-order chi connectivity index (χ1) is 22.9. The summed E-state index contributed by atoms with van der Waals surface area (Å²) in [6, 6.07) is 4.90. The van der Waals surface area contributed by atoms with Crippen LogP contribution in [-0.4, -0.2) is 115 Å². The number of nitrogens with zero attached hydrogens (tertiary/aromatic N) is 4. The lowest BCUT2D eigenvalue weighted by molar-refractivity contribution is -0.151. The normalized spacial score (nSPS) is 29.0. The number of anilines is 1. The predicted molar refractivity (Wildman–Crippen MR) is 183 cm³/mol. The molecule has 5 rings (SSSR count). The number of halogens is 1. The number of cyclic esters (lactones) is 1. The zero-order valence-corrected chi connectivity index (χ0v) is 29.0. The number of piperazine rings is 2. The maximum atomic E-state index is 15.0. The maximum absolute atomic E-state index is 15.0. The van der Waals surface area contributed by atoms with E-state index in [-0.39, 0.29) is 36.1 Å². The van der Waals surface area contributed by atoms with E-state index in [0.717, 1.165) is 37.2 Å². The van der Waals surface area contributed by atoms with Gasteiger partial charge in [0.25, 0.3) is 0 Å². The lowest BCUT2D eigenvalue weighted by Crippen LogP contribution is -2.48. The van der Waals surface area contributed by atoms with Crippen LogP contribution in [0, 0.1) is 23.6 Å². The van der Waals surface area contributed by atoms with Gasteiger partial charge in [-0.25, -0.2) is 9.18 Å². The van der Waals surface area contributed by atoms with Crippen molar-refractivity contribution in [1.29, 1.82) is 0 Å². The fourth-order valence-corrected chi connectivity index (χ4v) is 6.75. The van der Waals surface area contributed by atoms with E-state index >= 15 is 0 Å². The highest BCUT2D eigenvalue weighted by Gasteiger charge is 2.31. The van der Waals surface area contributed by atoms with Crippen LogP contribution >= 0.6 is 0 Å². The molecule has 2 amide bonds. The molecule has 0 radical (unpaired) electrons. The highest BCUT2D eigenvalue weighted by atomic mass is 19.1. The average Bonchev–Trinajstić information content (AvgIpc) is 3.87. The van der Waals surface area contributed by atoms with Crippen LogP contribution in [0.1, 0.15) is 64.9 Å². The van der Waals surface area contributed by atoms with Crippen LogP contribution in [0.4, 0.5) is 14.9 Å². The number of esters is 1. The first-order valence-electron chi connectivity index (χ1n) is 17.7. The molecular weight excluding hydrogens is 615 g/mol. The summed E-state index contributed by atoms with van der Waals surface area (Å²) in [5.74, 6) is -0.478. The third kappa shape index (κ3) is 10.0. The molecule has 0 aromatic heterocycles. The number of benzene rings is 1. The zero-order valence-electron chi connectivity index (χ0n) is 29.0. The number of aliphatic hydroxyl groups excluding tert-OH is 1. The Morgan fingerprint density at radius 1 is 0.958 bits per heavy atom. The molecular formula is C37H53FN4O6. The van der Waals surface area contributed by atoms with Gasteiger partial charge in [0.15, 0.2) is 0 Å². The molecule has 3 aliphatic heterocycles. The van der Waals surface area contributed by atoms with E-state index in [1.165, 1.54) is 12.1 Å². The maximum Gasteiger partial charge on any atom is 0.410 e. The molecule has 11 heteroatoms. The minimum atomic E-state index is -0.882. The van der Waals surface area contributed by atoms with Gasteiger partial charge in [-0.1, -0.05) is 26.0 Å². The van der Waals surface area contributed by atoms with Crippen LogP contribution in [0.3, 0.4) is 0 Å². The first-order valence-corrected chi connectivity index (χ1v) is 17.7. The van der Waals surface area contributed by atoms with Gasteiger partial charge in [0.2, 0.25) is 5.91 Å². The highest BCUT2D eigenvalue weighted by molar-refractivity contribution is 5.77. The van der Waals surface area contributed by atoms with Gasteiger partial charge in [0, 0.05) is 70.4 Å². The number of likely N-dealkylation sites (N-methyl/N-ethyl adjacent to an activating group) is 1. The molecule has 1 N–H and O–H groups in total. The molecule has 3 heterocycles. The van der Waals surface area contributed by atoms with Crippen molar-refractivity contribution in [2.45, 2.75) is 77.6 Å². The molecule has 264 valence electrons. The van der Waals surface area contributed by atoms with Gasteiger partial charge in [-0.3, -0.25) is 9.59 Å². The number of hydrogen-bond donors (Lipinski definition) is 1. The number of ether oxygens (including phenoxy) is 2. The van der Waals surface area contributed by atoms with Crippen molar-refractivity contribution >= 4 is 29.7 Å². The largest absolute Gasteiger partial charge is 0.457 e. The van der Waals surface area contributed by atoms with Crippen LogP contribution in [-0.2, 0) is 19.1 Å². The average molecular weight is 669 g/mol. The lowest BCUT2D eigenvalue weighted by Gasteiger charge is -2.36. The Kier molecular flexibility index (Phi) is 12.2. The van der Waals surface area contributed by atoms with Gasteiger partial charge in [0.05, 0.1) is 12.5 Å². The molecule has 10 nitrogen and oxygen atoms in total. The van der Waals surface area contributed by atoms with Crippen LogP contribution in [0.25, 0.3) is 6.08 Å². The van der Waals surface area contributed by atoms with E-state index in [2.05, 4.69) is 9.80 Å². The van der Waals surface area contributed by atoms with E-state index in [9.17, 15) is 23.9 Å². The summed E-state index contributed by atoms with van der Waals surface area (Å²) in [5, 5.41) is 10.7. The van der Waals surface area contributed by atoms with E-state index in [4.69, 9.17) is 9.47 Å². The summed E-state index contributed by atoms with van der Waals surface area (Å²) in [4.78, 5) is 46.5. The van der Waals surface area contributed by atoms with Crippen molar-refractivity contribution in [2.24, 2.45) is 17.8 Å². The zero-order chi connectivity index (χ0) is 34.4. The number of carbonyl (C=O) groups is 3. The number of carbonyl (C=O) groups excluding carboxylic acids is 3. The summed E-state index contributed by atoms with van der Waals surface area (Å²) in [6.07, 6.45) is 6.94. The Balaban J connectivity index is 1.30. The number of rotatable bonds is 6. The van der Waals surface area contributed by atoms with Crippen molar-refractivity contribution < 1.29 is 33.4 Å². The molecule has 2 saturated heterocycles. The fourth-order valence-electron chi connectivity index (χ4n) is 6.75. The van der Waals surface area contributed by atoms with Crippen molar-refractivity contribution in [1.82, 2.24) is 14.7 Å². The molecule has 4 aliphatic rings. The molecule has 1 aromatic carbocycles. The number of aliphatic hydroxyl groups is 1. The molecule has 1 aromatic rings. The van der Waals surface area contributed by atoms with Crippen molar-refractivity contribution in [2.75, 3.05) is 64.3 Å². The quantitative estimate of drug-likeness (QED) is 0.344. The standard InChI is InChI=1S/C37H53FN4O6/c1-25-5-9-32(43)24-35(45)48-36(26(2)6-10-33(25)47-37(46)42-13-11-39(4)12-14-42)27(3)19-29-20-30(38)23-31(21-29)40-15-17-41(18-16-40)34(44)22-28-7-8-28/h6,10,19-21,23,25-26,28,32-33,36,43H,5,7-9,11-18,22,24H2,1-4H3/b10-6+,27-19+/t25-,26-,32+,33+,36-/m0/s1. The molecule has 5 atom stereocenters. The van der Waals surface area contributed by atoms with E-state index < -0.39 is 24.3 Å². The minimum Gasteiger partial charge on any atom is -0.457 e. The summed E-state index contributed by atoms with van der Waals surface area (Å²) < 4.78 is 26.9. The minimum absolute atomic E-state index is 0.0750. The second kappa shape index (κ2) is 16.3. The van der Waals surface area contributed by atoms with Crippen molar-refractivity contribution in [3.63, 3.8) is 0 Å². The summed E-state index contributed by atoms with van der Waals surface area (Å²) in [7, 11) is 2.03. The Hall–Kier alpha value is -3.44. The molecule has 0 bridgehead atoms. The Morgan fingerprint density at radius 3 is 2.33 bits per heavy atom. The Morgan fingerprint density at radius 2 is 1.65 bits per heavy atom. The fraction of sp³-hybridized carbons (Fsp3) is 0.649. The van der Waals surface area contributed by atoms with Crippen LogP contribution < -0.4 is 4.90 Å². The number of amides is 2. The van der Waals surface area contributed by atoms with Gasteiger partial charge >= 0.3 is 12.1 Å².